The van der Waals surface area contributed by atoms with Gasteiger partial charge < -0.3 is 9.84 Å². The zero-order valence-electron chi connectivity index (χ0n) is 29.3. The molecule has 4 heteroatoms. The van der Waals surface area contributed by atoms with Crippen LogP contribution in [0.4, 0.5) is 0 Å². The van der Waals surface area contributed by atoms with Crippen molar-refractivity contribution in [2.75, 3.05) is 0 Å². The molecule has 1 N–H and O–H groups in total. The number of hydrogen-bond donors (Lipinski definition) is 1. The Labute approximate surface area is 269 Å². The van der Waals surface area contributed by atoms with Crippen LogP contribution in [0, 0.1) is 0 Å². The number of carbonyl (C=O) groups excluding carboxylic acids is 1. The molecule has 256 valence electrons. The van der Waals surface area contributed by atoms with Crippen LogP contribution >= 0.6 is 0 Å². The molecule has 0 amide bonds. The van der Waals surface area contributed by atoms with E-state index in [0.29, 0.717) is 6.42 Å². The maximum Gasteiger partial charge on any atom is 0.306 e. The van der Waals surface area contributed by atoms with E-state index >= 15 is 0 Å². The van der Waals surface area contributed by atoms with Gasteiger partial charge in [-0.1, -0.05) is 181 Å². The Kier molecular flexibility index (Phi) is 34.5. The third-order valence-electron chi connectivity index (χ3n) is 9.08. The maximum atomic E-state index is 12.5. The van der Waals surface area contributed by atoms with E-state index in [4.69, 9.17) is 9.84 Å². The zero-order chi connectivity index (χ0) is 31.5. The summed E-state index contributed by atoms with van der Waals surface area (Å²) in [6.07, 6.45) is 41.6. The van der Waals surface area contributed by atoms with Crippen LogP contribution in [0.3, 0.4) is 0 Å². The molecule has 1 atom stereocenters. The van der Waals surface area contributed by atoms with Gasteiger partial charge in [-0.05, 0) is 38.5 Å². The van der Waals surface area contributed by atoms with Gasteiger partial charge in [-0.3, -0.25) is 9.59 Å². The Morgan fingerprint density at radius 2 is 0.698 bits per heavy atom. The second-order valence-corrected chi connectivity index (χ2v) is 13.5. The number of rotatable bonds is 36. The van der Waals surface area contributed by atoms with Crippen LogP contribution in [0.5, 0.6) is 0 Å². The molecule has 0 bridgehead atoms. The number of carboxylic acids is 1. The van der Waals surface area contributed by atoms with Crippen molar-refractivity contribution in [2.45, 2.75) is 238 Å². The van der Waals surface area contributed by atoms with Crippen molar-refractivity contribution in [3.63, 3.8) is 0 Å². The summed E-state index contributed by atoms with van der Waals surface area (Å²) in [5.41, 5.74) is 0. The number of ether oxygens (including phenoxy) is 1. The Bertz CT molecular complexity index is 576. The first-order valence-electron chi connectivity index (χ1n) is 19.5. The third kappa shape index (κ3) is 35.3. The number of aliphatic carboxylic acids is 1. The number of hydrogen-bond acceptors (Lipinski definition) is 3. The fraction of sp³-hybridized carbons (Fsp3) is 0.949. The van der Waals surface area contributed by atoms with Gasteiger partial charge in [0.2, 0.25) is 0 Å². The van der Waals surface area contributed by atoms with Crippen molar-refractivity contribution in [1.82, 2.24) is 0 Å². The summed E-state index contributed by atoms with van der Waals surface area (Å²) in [5, 5.41) is 8.78. The molecule has 0 aliphatic rings. The van der Waals surface area contributed by atoms with E-state index in [9.17, 15) is 9.59 Å². The van der Waals surface area contributed by atoms with Gasteiger partial charge in [0, 0.05) is 12.8 Å². The Morgan fingerprint density at radius 1 is 0.419 bits per heavy atom. The van der Waals surface area contributed by atoms with E-state index < -0.39 is 5.97 Å². The third-order valence-corrected chi connectivity index (χ3v) is 9.08. The molecule has 0 aromatic carbocycles. The highest BCUT2D eigenvalue weighted by Gasteiger charge is 2.14. The van der Waals surface area contributed by atoms with E-state index in [1.807, 2.05) is 0 Å². The lowest BCUT2D eigenvalue weighted by atomic mass is 10.0. The van der Waals surface area contributed by atoms with Gasteiger partial charge in [-0.25, -0.2) is 0 Å². The quantitative estimate of drug-likeness (QED) is 0.0567. The normalized spacial score (nSPS) is 12.0. The van der Waals surface area contributed by atoms with Crippen LogP contribution in [0.25, 0.3) is 0 Å². The molecule has 0 fully saturated rings. The highest BCUT2D eigenvalue weighted by molar-refractivity contribution is 5.69. The Balaban J connectivity index is 3.57. The molecule has 0 spiro atoms. The van der Waals surface area contributed by atoms with Gasteiger partial charge in [-0.15, -0.1) is 0 Å². The number of unbranched alkanes of at least 4 members (excludes halogenated alkanes) is 27. The lowest BCUT2D eigenvalue weighted by molar-refractivity contribution is -0.150. The molecule has 43 heavy (non-hydrogen) atoms. The topological polar surface area (TPSA) is 63.6 Å². The summed E-state index contributed by atoms with van der Waals surface area (Å²) in [6, 6.07) is 0. The van der Waals surface area contributed by atoms with Gasteiger partial charge in [0.25, 0.3) is 0 Å². The zero-order valence-corrected chi connectivity index (χ0v) is 29.3. The van der Waals surface area contributed by atoms with E-state index in [1.54, 1.807) is 0 Å². The standard InChI is InChI=1S/C39H76O4/c1-3-5-7-9-10-11-12-13-14-15-16-17-18-19-20-21-22-23-24-25-26-32-36-39(42)43-37(33-29-8-6-4-2)34-30-27-28-31-35-38(40)41/h37H,3-36H2,1-2H3,(H,40,41). The van der Waals surface area contributed by atoms with E-state index in [2.05, 4.69) is 13.8 Å². The second kappa shape index (κ2) is 35.4. The molecule has 0 aliphatic heterocycles. The fourth-order valence-corrected chi connectivity index (χ4v) is 6.19. The van der Waals surface area contributed by atoms with E-state index in [-0.39, 0.29) is 18.5 Å². The molecule has 4 nitrogen and oxygen atoms in total. The Morgan fingerprint density at radius 3 is 1.05 bits per heavy atom. The molecule has 0 aliphatic carbocycles. The van der Waals surface area contributed by atoms with E-state index in [1.165, 1.54) is 148 Å². The van der Waals surface area contributed by atoms with Crippen molar-refractivity contribution in [3.05, 3.63) is 0 Å². The van der Waals surface area contributed by atoms with Gasteiger partial charge in [0.15, 0.2) is 0 Å². The minimum atomic E-state index is -0.710. The highest BCUT2D eigenvalue weighted by atomic mass is 16.5. The predicted octanol–water partition coefficient (Wildman–Crippen LogP) is 13.3. The summed E-state index contributed by atoms with van der Waals surface area (Å²) in [6.45, 7) is 4.51. The van der Waals surface area contributed by atoms with Crippen molar-refractivity contribution >= 4 is 11.9 Å². The molecular weight excluding hydrogens is 532 g/mol. The van der Waals surface area contributed by atoms with Crippen LogP contribution < -0.4 is 0 Å². The molecule has 0 rings (SSSR count). The van der Waals surface area contributed by atoms with Crippen molar-refractivity contribution < 1.29 is 19.4 Å². The summed E-state index contributed by atoms with van der Waals surface area (Å²) < 4.78 is 5.89. The molecule has 0 saturated carbocycles. The van der Waals surface area contributed by atoms with Crippen molar-refractivity contribution in [3.8, 4) is 0 Å². The van der Waals surface area contributed by atoms with Crippen LogP contribution in [0.15, 0.2) is 0 Å². The van der Waals surface area contributed by atoms with Gasteiger partial charge in [0.05, 0.1) is 0 Å². The first-order valence-corrected chi connectivity index (χ1v) is 19.5. The van der Waals surface area contributed by atoms with Gasteiger partial charge in [-0.2, -0.15) is 0 Å². The smallest absolute Gasteiger partial charge is 0.306 e. The summed E-state index contributed by atoms with van der Waals surface area (Å²) in [5.74, 6) is -0.724. The summed E-state index contributed by atoms with van der Waals surface area (Å²) in [4.78, 5) is 23.1. The van der Waals surface area contributed by atoms with Crippen LogP contribution in [-0.4, -0.2) is 23.1 Å². The Hall–Kier alpha value is -1.06. The molecule has 0 aromatic heterocycles. The minimum absolute atomic E-state index is 0.0143. The number of esters is 1. The van der Waals surface area contributed by atoms with E-state index in [0.717, 1.165) is 57.8 Å². The molecular formula is C39H76O4. The monoisotopic (exact) mass is 609 g/mol. The largest absolute Gasteiger partial charge is 0.481 e. The molecule has 0 aromatic rings. The average molecular weight is 609 g/mol. The van der Waals surface area contributed by atoms with Crippen molar-refractivity contribution in [2.24, 2.45) is 0 Å². The molecule has 1 unspecified atom stereocenters. The first-order chi connectivity index (χ1) is 21.1. The number of carboxylic acid groups (broad SMARTS) is 1. The lowest BCUT2D eigenvalue weighted by Gasteiger charge is -2.18. The average Bonchev–Trinajstić information content (AvgIpc) is 2.99. The fourth-order valence-electron chi connectivity index (χ4n) is 6.19. The van der Waals surface area contributed by atoms with Gasteiger partial charge >= 0.3 is 11.9 Å². The summed E-state index contributed by atoms with van der Waals surface area (Å²) >= 11 is 0. The molecule has 0 saturated heterocycles. The maximum absolute atomic E-state index is 12.5. The SMILES string of the molecule is CCCCCCCCCCCCCCCCCCCCCCCCC(=O)OC(CCCCCC)CCCCCCC(=O)O. The lowest BCUT2D eigenvalue weighted by Crippen LogP contribution is -2.18. The predicted molar refractivity (Wildman–Crippen MR) is 186 cm³/mol. The molecule has 0 radical (unpaired) electrons. The highest BCUT2D eigenvalue weighted by Crippen LogP contribution is 2.18. The second-order valence-electron chi connectivity index (χ2n) is 13.5. The van der Waals surface area contributed by atoms with Crippen molar-refractivity contribution in [1.29, 1.82) is 0 Å². The van der Waals surface area contributed by atoms with Crippen LogP contribution in [0.1, 0.15) is 232 Å². The summed E-state index contributed by atoms with van der Waals surface area (Å²) in [7, 11) is 0. The number of carbonyl (C=O) groups is 2. The molecule has 0 heterocycles. The minimum Gasteiger partial charge on any atom is -0.481 e. The first kappa shape index (κ1) is 41.9. The van der Waals surface area contributed by atoms with Crippen LogP contribution in [0.2, 0.25) is 0 Å². The van der Waals surface area contributed by atoms with Gasteiger partial charge in [0.1, 0.15) is 6.10 Å². The van der Waals surface area contributed by atoms with Crippen LogP contribution in [-0.2, 0) is 14.3 Å².